The molecule has 4 rings (SSSR count). The highest BCUT2D eigenvalue weighted by atomic mass is 16.6. The van der Waals surface area contributed by atoms with Gasteiger partial charge in [-0.15, -0.1) is 0 Å². The Bertz CT molecular complexity index is 1030. The fourth-order valence-corrected chi connectivity index (χ4v) is 2.83. The summed E-state index contributed by atoms with van der Waals surface area (Å²) in [6, 6.07) is 16.8. The predicted molar refractivity (Wildman–Crippen MR) is 97.0 cm³/mol. The van der Waals surface area contributed by atoms with E-state index in [0.29, 0.717) is 11.3 Å². The summed E-state index contributed by atoms with van der Waals surface area (Å²) in [5, 5.41) is 7.49. The third-order valence-corrected chi connectivity index (χ3v) is 4.26. The number of hydrogen-bond donors (Lipinski definition) is 0. The summed E-state index contributed by atoms with van der Waals surface area (Å²) >= 11 is 0. The molecule has 0 spiro atoms. The molecule has 0 fully saturated rings. The lowest BCUT2D eigenvalue weighted by molar-refractivity contribution is 0.314. The first-order chi connectivity index (χ1) is 12.0. The van der Waals surface area contributed by atoms with Crippen LogP contribution in [0, 0.1) is 0 Å². The minimum Gasteiger partial charge on any atom is -0.240 e. The van der Waals surface area contributed by atoms with Crippen molar-refractivity contribution in [2.75, 3.05) is 0 Å². The maximum Gasteiger partial charge on any atom is 0.243 e. The van der Waals surface area contributed by atoms with Crippen molar-refractivity contribution in [3.63, 3.8) is 0 Å². The zero-order chi connectivity index (χ0) is 17.4. The van der Waals surface area contributed by atoms with Crippen molar-refractivity contribution in [2.45, 2.75) is 26.2 Å². The van der Waals surface area contributed by atoms with Crippen LogP contribution < -0.4 is 0 Å². The lowest BCUT2D eigenvalue weighted by Gasteiger charge is -2.19. The third kappa shape index (κ3) is 2.89. The molecule has 0 radical (unpaired) electrons. The van der Waals surface area contributed by atoms with Crippen molar-refractivity contribution in [1.82, 2.24) is 20.3 Å². The number of rotatable bonds is 2. The molecule has 2 heterocycles. The SMILES string of the molecule is CC(C)(C)c1ccc(-c2ccccc2-c2cnc3nonc3n2)cc1. The third-order valence-electron chi connectivity index (χ3n) is 4.26. The van der Waals surface area contributed by atoms with Crippen LogP contribution in [0.5, 0.6) is 0 Å². The summed E-state index contributed by atoms with van der Waals surface area (Å²) in [7, 11) is 0. The Labute approximate surface area is 145 Å². The van der Waals surface area contributed by atoms with Gasteiger partial charge in [-0.3, -0.25) is 0 Å². The smallest absolute Gasteiger partial charge is 0.240 e. The van der Waals surface area contributed by atoms with Crippen molar-refractivity contribution >= 4 is 11.3 Å². The quantitative estimate of drug-likeness (QED) is 0.535. The summed E-state index contributed by atoms with van der Waals surface area (Å²) in [6.45, 7) is 6.64. The second-order valence-electron chi connectivity index (χ2n) is 7.04. The molecule has 5 nitrogen and oxygen atoms in total. The lowest BCUT2D eigenvalue weighted by Crippen LogP contribution is -2.10. The molecule has 0 aliphatic heterocycles. The average molecular weight is 330 g/mol. The number of fused-ring (bicyclic) bond motifs is 1. The van der Waals surface area contributed by atoms with Crippen molar-refractivity contribution in [1.29, 1.82) is 0 Å². The second-order valence-corrected chi connectivity index (χ2v) is 7.04. The van der Waals surface area contributed by atoms with Crippen LogP contribution in [0.2, 0.25) is 0 Å². The van der Waals surface area contributed by atoms with E-state index in [1.54, 1.807) is 6.20 Å². The summed E-state index contributed by atoms with van der Waals surface area (Å²) < 4.78 is 4.69. The zero-order valence-electron chi connectivity index (χ0n) is 14.4. The van der Waals surface area contributed by atoms with Crippen LogP contribution in [0.4, 0.5) is 0 Å². The van der Waals surface area contributed by atoms with E-state index in [9.17, 15) is 0 Å². The van der Waals surface area contributed by atoms with Gasteiger partial charge in [0.25, 0.3) is 0 Å². The monoisotopic (exact) mass is 330 g/mol. The normalized spacial score (nSPS) is 11.8. The standard InChI is InChI=1S/C20H18N4O/c1-20(2,3)14-10-8-13(9-11-14)15-6-4-5-7-16(15)17-12-21-18-19(22-17)24-25-23-18/h4-12H,1-3H3. The van der Waals surface area contributed by atoms with Crippen LogP contribution in [0.3, 0.4) is 0 Å². The van der Waals surface area contributed by atoms with Crippen LogP contribution in [0.1, 0.15) is 26.3 Å². The summed E-state index contributed by atoms with van der Waals surface area (Å²) in [5.74, 6) is 0. The Balaban J connectivity index is 1.81. The minimum absolute atomic E-state index is 0.133. The largest absolute Gasteiger partial charge is 0.243 e. The molecule has 0 unspecified atom stereocenters. The van der Waals surface area contributed by atoms with E-state index in [2.05, 4.69) is 71.4 Å². The van der Waals surface area contributed by atoms with Crippen LogP contribution in [-0.2, 0) is 5.41 Å². The van der Waals surface area contributed by atoms with E-state index in [-0.39, 0.29) is 5.41 Å². The van der Waals surface area contributed by atoms with Gasteiger partial charge in [0.15, 0.2) is 0 Å². The van der Waals surface area contributed by atoms with Crippen LogP contribution in [0.15, 0.2) is 59.4 Å². The molecule has 0 aliphatic rings. The van der Waals surface area contributed by atoms with E-state index < -0.39 is 0 Å². The van der Waals surface area contributed by atoms with Crippen molar-refractivity contribution in [3.8, 4) is 22.4 Å². The van der Waals surface area contributed by atoms with Gasteiger partial charge in [-0.25, -0.2) is 14.6 Å². The highest BCUT2D eigenvalue weighted by molar-refractivity contribution is 5.83. The van der Waals surface area contributed by atoms with Gasteiger partial charge in [0.05, 0.1) is 11.9 Å². The Kier molecular flexibility index (Phi) is 3.57. The fourth-order valence-electron chi connectivity index (χ4n) is 2.83. The van der Waals surface area contributed by atoms with Crippen LogP contribution >= 0.6 is 0 Å². The number of aromatic nitrogens is 4. The molecule has 5 heteroatoms. The molecular weight excluding hydrogens is 312 g/mol. The topological polar surface area (TPSA) is 64.7 Å². The summed E-state index contributed by atoms with van der Waals surface area (Å²) in [5.41, 5.74) is 6.27. The molecule has 0 N–H and O–H groups in total. The van der Waals surface area contributed by atoms with Gasteiger partial charge < -0.3 is 0 Å². The maximum absolute atomic E-state index is 4.69. The number of nitrogens with zero attached hydrogens (tertiary/aromatic N) is 4. The average Bonchev–Trinajstić information content (AvgIpc) is 3.09. The number of hydrogen-bond acceptors (Lipinski definition) is 5. The van der Waals surface area contributed by atoms with Gasteiger partial charge in [-0.1, -0.05) is 69.3 Å². The second kappa shape index (κ2) is 5.77. The van der Waals surface area contributed by atoms with Crippen molar-refractivity contribution in [2.24, 2.45) is 0 Å². The minimum atomic E-state index is 0.133. The Morgan fingerprint density at radius 1 is 0.800 bits per heavy atom. The van der Waals surface area contributed by atoms with E-state index >= 15 is 0 Å². The Morgan fingerprint density at radius 2 is 1.48 bits per heavy atom. The van der Waals surface area contributed by atoms with E-state index in [1.165, 1.54) is 5.56 Å². The van der Waals surface area contributed by atoms with Crippen LogP contribution in [0.25, 0.3) is 33.7 Å². The molecule has 25 heavy (non-hydrogen) atoms. The summed E-state index contributed by atoms with van der Waals surface area (Å²) in [4.78, 5) is 8.79. The first-order valence-corrected chi connectivity index (χ1v) is 8.18. The van der Waals surface area contributed by atoms with Crippen molar-refractivity contribution < 1.29 is 4.63 Å². The van der Waals surface area contributed by atoms with Crippen LogP contribution in [-0.4, -0.2) is 20.3 Å². The predicted octanol–water partition coefficient (Wildman–Crippen LogP) is 4.64. The molecule has 0 bridgehead atoms. The number of benzene rings is 2. The molecule has 0 aliphatic carbocycles. The highest BCUT2D eigenvalue weighted by Crippen LogP contribution is 2.32. The molecule has 0 saturated heterocycles. The Morgan fingerprint density at radius 3 is 2.20 bits per heavy atom. The molecule has 124 valence electrons. The molecular formula is C20H18N4O. The highest BCUT2D eigenvalue weighted by Gasteiger charge is 2.15. The maximum atomic E-state index is 4.69. The molecule has 0 atom stereocenters. The molecule has 4 aromatic rings. The van der Waals surface area contributed by atoms with Crippen molar-refractivity contribution in [3.05, 3.63) is 60.3 Å². The lowest BCUT2D eigenvalue weighted by atomic mass is 9.86. The van der Waals surface area contributed by atoms with Gasteiger partial charge >= 0.3 is 0 Å². The molecule has 0 amide bonds. The van der Waals surface area contributed by atoms with E-state index in [0.717, 1.165) is 22.4 Å². The van der Waals surface area contributed by atoms with E-state index in [1.807, 2.05) is 18.2 Å². The summed E-state index contributed by atoms with van der Waals surface area (Å²) in [6.07, 6.45) is 1.70. The first-order valence-electron chi connectivity index (χ1n) is 8.18. The van der Waals surface area contributed by atoms with Gasteiger partial charge in [-0.2, -0.15) is 0 Å². The van der Waals surface area contributed by atoms with Gasteiger partial charge in [0.1, 0.15) is 0 Å². The Hall–Kier alpha value is -3.08. The molecule has 2 aromatic carbocycles. The van der Waals surface area contributed by atoms with Gasteiger partial charge in [0, 0.05) is 5.56 Å². The zero-order valence-corrected chi connectivity index (χ0v) is 14.4. The first kappa shape index (κ1) is 15.4. The van der Waals surface area contributed by atoms with E-state index in [4.69, 9.17) is 4.63 Å². The molecule has 0 saturated carbocycles. The van der Waals surface area contributed by atoms with Gasteiger partial charge in [0.2, 0.25) is 11.3 Å². The van der Waals surface area contributed by atoms with Gasteiger partial charge in [-0.05, 0) is 32.4 Å². The molecule has 2 aromatic heterocycles. The fraction of sp³-hybridized carbons (Fsp3) is 0.200.